The zero-order valence-corrected chi connectivity index (χ0v) is 6.27. The molecule has 1 N–H and O–H groups in total. The minimum absolute atomic E-state index is 0. The second-order valence-electron chi connectivity index (χ2n) is 1.43. The summed E-state index contributed by atoms with van der Waals surface area (Å²) in [5, 5.41) is 8.48. The van der Waals surface area contributed by atoms with Crippen LogP contribution in [0.4, 0.5) is 0 Å². The van der Waals surface area contributed by atoms with Crippen LogP contribution in [-0.2, 0) is 9.53 Å². The Morgan fingerprint density at radius 1 is 1.78 bits per heavy atom. The molecule has 56 valence electrons. The number of rotatable bonds is 2. The average Bonchev–Trinajstić information content (AvgIpc) is 1.67. The Bertz CT molecular complexity index is 82.3. The van der Waals surface area contributed by atoms with E-state index in [9.17, 15) is 4.79 Å². The summed E-state index contributed by atoms with van der Waals surface area (Å²) in [7, 11) is 0. The first kappa shape index (κ1) is 11.5. The molecule has 0 aliphatic carbocycles. The molecule has 0 rings (SSSR count). The second kappa shape index (κ2) is 5.85. The van der Waals surface area contributed by atoms with Crippen molar-refractivity contribution in [3.63, 3.8) is 0 Å². The van der Waals surface area contributed by atoms with Crippen LogP contribution < -0.4 is 0 Å². The van der Waals surface area contributed by atoms with E-state index in [0.717, 1.165) is 0 Å². The van der Waals surface area contributed by atoms with Gasteiger partial charge in [0.1, 0.15) is 6.10 Å². The highest BCUT2D eigenvalue weighted by atomic mass is 35.5. The quantitative estimate of drug-likeness (QED) is 0.584. The third-order valence-electron chi connectivity index (χ3n) is 0.628. The van der Waals surface area contributed by atoms with E-state index in [-0.39, 0.29) is 12.4 Å². The molecule has 0 amide bonds. The molecule has 1 atom stereocenters. The Kier molecular flexibility index (Phi) is 7.48. The van der Waals surface area contributed by atoms with Crippen molar-refractivity contribution in [3.05, 3.63) is 0 Å². The predicted octanol–water partition coefficient (Wildman–Crippen LogP) is 0.352. The molecule has 0 aliphatic heterocycles. The Hall–Kier alpha value is -0.280. The third-order valence-corrected chi connectivity index (χ3v) is 0.628. The van der Waals surface area contributed by atoms with Crippen LogP contribution in [0.2, 0.25) is 0 Å². The summed E-state index contributed by atoms with van der Waals surface area (Å²) < 4.78 is 4.41. The largest absolute Gasteiger partial charge is 0.464 e. The molecule has 0 aliphatic rings. The van der Waals surface area contributed by atoms with Crippen molar-refractivity contribution in [3.8, 4) is 0 Å². The van der Waals surface area contributed by atoms with Gasteiger partial charge in [0.25, 0.3) is 0 Å². The Morgan fingerprint density at radius 3 is 2.33 bits per heavy atom. The number of esters is 1. The number of hydrogen-bond acceptors (Lipinski definition) is 3. The lowest BCUT2D eigenvalue weighted by Crippen LogP contribution is -2.18. The number of halogens is 1. The van der Waals surface area contributed by atoms with Crippen molar-refractivity contribution in [2.24, 2.45) is 0 Å². The first-order valence-electron chi connectivity index (χ1n) is 2.53. The molecule has 0 aromatic rings. The monoisotopic (exact) mass is 154 g/mol. The summed E-state index contributed by atoms with van der Waals surface area (Å²) in [6, 6.07) is 0. The molecular weight excluding hydrogens is 144 g/mol. The van der Waals surface area contributed by atoms with Crippen molar-refractivity contribution < 1.29 is 14.6 Å². The normalized spacial score (nSPS) is 11.4. The van der Waals surface area contributed by atoms with Crippen molar-refractivity contribution in [2.45, 2.75) is 20.0 Å². The van der Waals surface area contributed by atoms with Gasteiger partial charge >= 0.3 is 5.97 Å². The number of hydrogen-bond donors (Lipinski definition) is 1. The summed E-state index contributed by atoms with van der Waals surface area (Å²) in [6.45, 7) is 3.39. The van der Waals surface area contributed by atoms with Crippen LogP contribution in [0.5, 0.6) is 0 Å². The lowest BCUT2D eigenvalue weighted by atomic mass is 10.4. The fourth-order valence-electron chi connectivity index (χ4n) is 0.263. The third kappa shape index (κ3) is 5.59. The van der Waals surface area contributed by atoms with E-state index in [4.69, 9.17) is 5.11 Å². The maximum absolute atomic E-state index is 10.3. The summed E-state index contributed by atoms with van der Waals surface area (Å²) in [5.41, 5.74) is 0. The zero-order chi connectivity index (χ0) is 6.57. The van der Waals surface area contributed by atoms with E-state index < -0.39 is 12.1 Å². The molecule has 0 radical (unpaired) electrons. The highest BCUT2D eigenvalue weighted by Gasteiger charge is 2.07. The van der Waals surface area contributed by atoms with Crippen LogP contribution in [0.3, 0.4) is 0 Å². The van der Waals surface area contributed by atoms with E-state index in [1.54, 1.807) is 6.92 Å². The molecule has 0 spiro atoms. The molecular formula is C5H11ClO3. The zero-order valence-electron chi connectivity index (χ0n) is 5.46. The Labute approximate surface area is 60.4 Å². The lowest BCUT2D eigenvalue weighted by molar-refractivity contribution is -0.151. The maximum atomic E-state index is 10.3. The van der Waals surface area contributed by atoms with Crippen molar-refractivity contribution >= 4 is 18.4 Å². The van der Waals surface area contributed by atoms with Crippen molar-refractivity contribution in [2.75, 3.05) is 6.61 Å². The number of aliphatic hydroxyl groups is 1. The van der Waals surface area contributed by atoms with E-state index in [1.807, 2.05) is 0 Å². The van der Waals surface area contributed by atoms with E-state index >= 15 is 0 Å². The second-order valence-corrected chi connectivity index (χ2v) is 1.43. The minimum Gasteiger partial charge on any atom is -0.464 e. The summed E-state index contributed by atoms with van der Waals surface area (Å²) in [4.78, 5) is 10.3. The number of carbonyl (C=O) groups excluding carboxylic acids is 1. The number of aliphatic hydroxyl groups excluding tert-OH is 1. The van der Waals surface area contributed by atoms with Crippen molar-refractivity contribution in [1.82, 2.24) is 0 Å². The van der Waals surface area contributed by atoms with Gasteiger partial charge in [-0.05, 0) is 13.8 Å². The van der Waals surface area contributed by atoms with Gasteiger partial charge in [-0.3, -0.25) is 0 Å². The van der Waals surface area contributed by atoms with E-state index in [2.05, 4.69) is 4.74 Å². The highest BCUT2D eigenvalue weighted by molar-refractivity contribution is 5.85. The molecule has 0 saturated carbocycles. The molecule has 0 bridgehead atoms. The lowest BCUT2D eigenvalue weighted by Gasteiger charge is -2.01. The van der Waals surface area contributed by atoms with Gasteiger partial charge in [0.2, 0.25) is 0 Å². The summed E-state index contributed by atoms with van der Waals surface area (Å²) in [5.74, 6) is -0.562. The van der Waals surface area contributed by atoms with E-state index in [0.29, 0.717) is 6.61 Å². The van der Waals surface area contributed by atoms with Gasteiger partial charge in [-0.1, -0.05) is 0 Å². The van der Waals surface area contributed by atoms with Gasteiger partial charge in [0, 0.05) is 0 Å². The van der Waals surface area contributed by atoms with Crippen LogP contribution in [0.1, 0.15) is 13.8 Å². The smallest absolute Gasteiger partial charge is 0.334 e. The van der Waals surface area contributed by atoms with Crippen molar-refractivity contribution in [1.29, 1.82) is 0 Å². The van der Waals surface area contributed by atoms with Gasteiger partial charge in [-0.25, -0.2) is 4.79 Å². The Morgan fingerprint density at radius 2 is 2.22 bits per heavy atom. The summed E-state index contributed by atoms with van der Waals surface area (Å²) in [6.07, 6.45) is -0.991. The predicted molar refractivity (Wildman–Crippen MR) is 35.6 cm³/mol. The molecule has 0 fully saturated rings. The molecule has 0 aromatic heterocycles. The molecule has 0 heterocycles. The van der Waals surface area contributed by atoms with E-state index in [1.165, 1.54) is 6.92 Å². The molecule has 9 heavy (non-hydrogen) atoms. The molecule has 0 unspecified atom stereocenters. The van der Waals surface area contributed by atoms with Gasteiger partial charge in [-0.2, -0.15) is 0 Å². The molecule has 0 saturated heterocycles. The van der Waals surface area contributed by atoms with Crippen LogP contribution in [-0.4, -0.2) is 23.8 Å². The first-order chi connectivity index (χ1) is 3.68. The SMILES string of the molecule is CCOC(=O)[C@H](C)O.Cl. The van der Waals surface area contributed by atoms with Crippen LogP contribution in [0, 0.1) is 0 Å². The molecule has 4 heteroatoms. The fraction of sp³-hybridized carbons (Fsp3) is 0.800. The van der Waals surface area contributed by atoms with Gasteiger partial charge < -0.3 is 9.84 Å². The first-order valence-corrected chi connectivity index (χ1v) is 2.53. The highest BCUT2D eigenvalue weighted by Crippen LogP contribution is 1.84. The molecule has 0 aromatic carbocycles. The van der Waals surface area contributed by atoms with Gasteiger partial charge in [0.05, 0.1) is 6.61 Å². The molecule has 3 nitrogen and oxygen atoms in total. The fourth-order valence-corrected chi connectivity index (χ4v) is 0.263. The minimum atomic E-state index is -0.991. The van der Waals surface area contributed by atoms with Gasteiger partial charge in [-0.15, -0.1) is 12.4 Å². The van der Waals surface area contributed by atoms with Crippen LogP contribution in [0.15, 0.2) is 0 Å². The summed E-state index contributed by atoms with van der Waals surface area (Å²) >= 11 is 0. The topological polar surface area (TPSA) is 46.5 Å². The van der Waals surface area contributed by atoms with Crippen LogP contribution in [0.25, 0.3) is 0 Å². The van der Waals surface area contributed by atoms with Gasteiger partial charge in [0.15, 0.2) is 0 Å². The Balaban J connectivity index is 0. The number of ether oxygens (including phenoxy) is 1. The average molecular weight is 155 g/mol. The standard InChI is InChI=1S/C5H10O3.ClH/c1-3-8-5(7)4(2)6;/h4,6H,3H2,1-2H3;1H/t4-;/m0./s1. The number of carbonyl (C=O) groups is 1. The van der Waals surface area contributed by atoms with Crippen LogP contribution >= 0.6 is 12.4 Å². The maximum Gasteiger partial charge on any atom is 0.334 e.